The van der Waals surface area contributed by atoms with Gasteiger partial charge in [0.2, 0.25) is 0 Å². The Bertz CT molecular complexity index is 881. The minimum atomic E-state index is -0.580. The number of aromatic nitrogens is 2. The summed E-state index contributed by atoms with van der Waals surface area (Å²) in [7, 11) is 0. The van der Waals surface area contributed by atoms with Gasteiger partial charge in [-0.2, -0.15) is 0 Å². The quantitative estimate of drug-likeness (QED) is 0.683. The lowest BCUT2D eigenvalue weighted by molar-refractivity contribution is 0.100. The number of benzene rings is 1. The van der Waals surface area contributed by atoms with Crippen LogP contribution in [0, 0.1) is 0 Å². The van der Waals surface area contributed by atoms with Crippen molar-refractivity contribution in [2.75, 3.05) is 5.73 Å². The van der Waals surface area contributed by atoms with E-state index in [9.17, 15) is 4.79 Å². The number of nitrogen functional groups attached to an aromatic ring is 1. The highest BCUT2D eigenvalue weighted by Crippen LogP contribution is 2.33. The molecule has 0 spiro atoms. The monoisotopic (exact) mass is 297 g/mol. The minimum Gasteiger partial charge on any atom is -0.383 e. The first-order valence-electron chi connectivity index (χ1n) is 7.16. The molecule has 0 fully saturated rings. The Hall–Kier alpha value is -2.60. The number of carbonyl (C=O) groups excluding carboxylic acids is 1. The van der Waals surface area contributed by atoms with Gasteiger partial charge in [-0.3, -0.25) is 4.79 Å². The number of pyridine rings is 1. The highest BCUT2D eigenvalue weighted by Gasteiger charge is 2.20. The van der Waals surface area contributed by atoms with Crippen LogP contribution in [0.1, 0.15) is 30.2 Å². The number of primary amides is 1. The molecule has 3 rings (SSSR count). The molecule has 6 nitrogen and oxygen atoms in total. The van der Waals surface area contributed by atoms with Crippen molar-refractivity contribution in [3.63, 3.8) is 0 Å². The molecule has 0 aliphatic carbocycles. The van der Waals surface area contributed by atoms with Crippen LogP contribution in [-0.4, -0.2) is 21.5 Å². The summed E-state index contributed by atoms with van der Waals surface area (Å²) in [5.41, 5.74) is 19.3. The average Bonchev–Trinajstić information content (AvgIpc) is 2.78. The summed E-state index contributed by atoms with van der Waals surface area (Å²) in [6, 6.07) is 9.60. The fourth-order valence-corrected chi connectivity index (χ4v) is 2.77. The molecule has 2 aromatic heterocycles. The summed E-state index contributed by atoms with van der Waals surface area (Å²) >= 11 is 0. The van der Waals surface area contributed by atoms with Crippen molar-refractivity contribution in [2.45, 2.75) is 25.9 Å². The number of nitrogens with zero attached hydrogens (tertiary/aromatic N) is 2. The number of para-hydroxylation sites is 1. The molecule has 0 saturated heterocycles. The lowest BCUT2D eigenvalue weighted by Gasteiger charge is -2.20. The molecule has 6 heteroatoms. The van der Waals surface area contributed by atoms with Gasteiger partial charge < -0.3 is 21.8 Å². The summed E-state index contributed by atoms with van der Waals surface area (Å²) in [5, 5.41) is 1.85. The standard InChI is InChI=1S/C16H19N5O/c1-8(17)9(2)21-13-6-4-3-5-10(13)11-7-12(15(19)22)14(18)20-16(11)21/h3-9H,17H2,1-2H3,(H2,18,20)(H2,19,22)/t8-,9?/m0/s1. The van der Waals surface area contributed by atoms with Crippen molar-refractivity contribution in [1.29, 1.82) is 0 Å². The largest absolute Gasteiger partial charge is 0.383 e. The first-order chi connectivity index (χ1) is 10.4. The minimum absolute atomic E-state index is 0.0359. The second kappa shape index (κ2) is 4.99. The first-order valence-corrected chi connectivity index (χ1v) is 7.16. The van der Waals surface area contributed by atoms with Crippen LogP contribution in [0.2, 0.25) is 0 Å². The smallest absolute Gasteiger partial charge is 0.252 e. The molecule has 0 saturated carbocycles. The Kier molecular flexibility index (Phi) is 3.26. The number of hydrogen-bond acceptors (Lipinski definition) is 4. The molecular weight excluding hydrogens is 278 g/mol. The van der Waals surface area contributed by atoms with Gasteiger partial charge in [-0.1, -0.05) is 18.2 Å². The lowest BCUT2D eigenvalue weighted by Crippen LogP contribution is -2.27. The highest BCUT2D eigenvalue weighted by molar-refractivity contribution is 6.10. The highest BCUT2D eigenvalue weighted by atomic mass is 16.1. The van der Waals surface area contributed by atoms with Gasteiger partial charge >= 0.3 is 0 Å². The number of carbonyl (C=O) groups is 1. The van der Waals surface area contributed by atoms with Crippen LogP contribution in [-0.2, 0) is 0 Å². The third-order valence-electron chi connectivity index (χ3n) is 4.15. The van der Waals surface area contributed by atoms with Crippen molar-refractivity contribution in [1.82, 2.24) is 9.55 Å². The SMILES string of the molecule is CC([C@H](C)N)n1c2ccccc2c2cc(C(N)=O)c(N)nc21. The van der Waals surface area contributed by atoms with Crippen LogP contribution >= 0.6 is 0 Å². The van der Waals surface area contributed by atoms with E-state index in [-0.39, 0.29) is 23.5 Å². The van der Waals surface area contributed by atoms with E-state index in [0.717, 1.165) is 16.3 Å². The second-order valence-electron chi connectivity index (χ2n) is 5.64. The summed E-state index contributed by atoms with van der Waals surface area (Å²) in [4.78, 5) is 15.9. The van der Waals surface area contributed by atoms with Gasteiger partial charge in [0.25, 0.3) is 5.91 Å². The van der Waals surface area contributed by atoms with Gasteiger partial charge in [-0.05, 0) is 26.0 Å². The molecule has 0 aliphatic rings. The molecule has 0 radical (unpaired) electrons. The maximum absolute atomic E-state index is 11.5. The molecular formula is C16H19N5O. The van der Waals surface area contributed by atoms with E-state index in [2.05, 4.69) is 9.55 Å². The van der Waals surface area contributed by atoms with Gasteiger partial charge in [-0.15, -0.1) is 0 Å². The maximum Gasteiger partial charge on any atom is 0.252 e. The van der Waals surface area contributed by atoms with Crippen molar-refractivity contribution in [2.24, 2.45) is 11.5 Å². The predicted octanol–water partition coefficient (Wildman–Crippen LogP) is 1.78. The van der Waals surface area contributed by atoms with Gasteiger partial charge in [0.15, 0.2) is 0 Å². The molecule has 2 heterocycles. The van der Waals surface area contributed by atoms with Gasteiger partial charge in [-0.25, -0.2) is 4.98 Å². The van der Waals surface area contributed by atoms with E-state index < -0.39 is 5.91 Å². The predicted molar refractivity (Wildman–Crippen MR) is 88.5 cm³/mol. The van der Waals surface area contributed by atoms with E-state index in [0.29, 0.717) is 5.65 Å². The van der Waals surface area contributed by atoms with Gasteiger partial charge in [0.1, 0.15) is 11.5 Å². The summed E-state index contributed by atoms with van der Waals surface area (Å²) in [6.45, 7) is 3.99. The topological polar surface area (TPSA) is 113 Å². The van der Waals surface area contributed by atoms with Crippen molar-refractivity contribution in [3.8, 4) is 0 Å². The van der Waals surface area contributed by atoms with Crippen LogP contribution in [0.5, 0.6) is 0 Å². The molecule has 0 aliphatic heterocycles. The van der Waals surface area contributed by atoms with Gasteiger partial charge in [0, 0.05) is 22.9 Å². The number of fused-ring (bicyclic) bond motifs is 3. The zero-order chi connectivity index (χ0) is 16.0. The molecule has 114 valence electrons. The Balaban J connectivity index is 2.47. The van der Waals surface area contributed by atoms with E-state index in [1.165, 1.54) is 0 Å². The third-order valence-corrected chi connectivity index (χ3v) is 4.15. The Morgan fingerprint density at radius 3 is 2.55 bits per heavy atom. The molecule has 0 bridgehead atoms. The zero-order valence-corrected chi connectivity index (χ0v) is 12.6. The number of amides is 1. The Morgan fingerprint density at radius 1 is 1.23 bits per heavy atom. The third kappa shape index (κ3) is 2.00. The number of hydrogen-bond donors (Lipinski definition) is 3. The van der Waals surface area contributed by atoms with E-state index in [1.807, 2.05) is 38.1 Å². The summed E-state index contributed by atoms with van der Waals surface area (Å²) in [5.74, 6) is -0.440. The van der Waals surface area contributed by atoms with Crippen molar-refractivity contribution >= 4 is 33.7 Å². The number of nitrogens with two attached hydrogens (primary N) is 3. The molecule has 6 N–H and O–H groups in total. The van der Waals surface area contributed by atoms with E-state index in [1.54, 1.807) is 6.07 Å². The van der Waals surface area contributed by atoms with Crippen LogP contribution in [0.4, 0.5) is 5.82 Å². The molecule has 1 aromatic carbocycles. The van der Waals surface area contributed by atoms with Crippen LogP contribution in [0.3, 0.4) is 0 Å². The molecule has 2 atom stereocenters. The molecule has 1 unspecified atom stereocenters. The molecule has 3 aromatic rings. The Labute approximate surface area is 127 Å². The fraction of sp³-hybridized carbons (Fsp3) is 0.250. The lowest BCUT2D eigenvalue weighted by atomic mass is 10.1. The van der Waals surface area contributed by atoms with E-state index in [4.69, 9.17) is 17.2 Å². The zero-order valence-electron chi connectivity index (χ0n) is 12.6. The number of rotatable bonds is 3. The fourth-order valence-electron chi connectivity index (χ4n) is 2.77. The van der Waals surface area contributed by atoms with Crippen molar-refractivity contribution in [3.05, 3.63) is 35.9 Å². The van der Waals surface area contributed by atoms with Gasteiger partial charge in [0.05, 0.1) is 11.1 Å². The first kappa shape index (κ1) is 14.3. The average molecular weight is 297 g/mol. The number of anilines is 1. The normalized spacial score (nSPS) is 14.3. The van der Waals surface area contributed by atoms with Crippen LogP contribution in [0.25, 0.3) is 21.9 Å². The maximum atomic E-state index is 11.5. The molecule has 22 heavy (non-hydrogen) atoms. The Morgan fingerprint density at radius 2 is 1.91 bits per heavy atom. The van der Waals surface area contributed by atoms with Crippen molar-refractivity contribution < 1.29 is 4.79 Å². The second-order valence-corrected chi connectivity index (χ2v) is 5.64. The summed E-state index contributed by atoms with van der Waals surface area (Å²) in [6.07, 6.45) is 0. The summed E-state index contributed by atoms with van der Waals surface area (Å²) < 4.78 is 2.07. The molecule has 1 amide bonds. The van der Waals surface area contributed by atoms with Crippen LogP contribution < -0.4 is 17.2 Å². The van der Waals surface area contributed by atoms with E-state index >= 15 is 0 Å². The van der Waals surface area contributed by atoms with Crippen LogP contribution in [0.15, 0.2) is 30.3 Å².